The van der Waals surface area contributed by atoms with E-state index in [0.717, 1.165) is 10.5 Å². The highest BCUT2D eigenvalue weighted by molar-refractivity contribution is 6.07. The van der Waals surface area contributed by atoms with Crippen molar-refractivity contribution in [3.8, 4) is 0 Å². The van der Waals surface area contributed by atoms with Crippen LogP contribution in [-0.2, 0) is 14.4 Å². The number of nitrogens with zero attached hydrogens (tertiary/aromatic N) is 1. The number of nitrogens with one attached hydrogen (secondary N) is 1. The van der Waals surface area contributed by atoms with Crippen LogP contribution < -0.4 is 11.1 Å². The molecule has 0 aromatic heterocycles. The molecule has 1 aliphatic rings. The molecule has 0 aliphatic carbocycles. The Morgan fingerprint density at radius 3 is 2.75 bits per heavy atom. The molecule has 3 N–H and O–H groups in total. The lowest BCUT2D eigenvalue weighted by Gasteiger charge is -2.15. The molecule has 1 atom stereocenters. The fourth-order valence-electron chi connectivity index (χ4n) is 2.12. The van der Waals surface area contributed by atoms with Gasteiger partial charge in [0.25, 0.3) is 0 Å². The molecule has 0 bridgehead atoms. The Balaban J connectivity index is 2.04. The first-order chi connectivity index (χ1) is 9.38. The number of nitrogen functional groups attached to an aromatic ring is 1. The zero-order valence-electron chi connectivity index (χ0n) is 11.5. The maximum absolute atomic E-state index is 11.9. The van der Waals surface area contributed by atoms with Crippen molar-refractivity contribution in [2.75, 3.05) is 17.6 Å². The van der Waals surface area contributed by atoms with Gasteiger partial charge < -0.3 is 11.1 Å². The van der Waals surface area contributed by atoms with Crippen LogP contribution in [0.25, 0.3) is 0 Å². The van der Waals surface area contributed by atoms with Crippen molar-refractivity contribution in [3.05, 3.63) is 23.8 Å². The molecule has 3 amide bonds. The van der Waals surface area contributed by atoms with E-state index >= 15 is 0 Å². The Labute approximate surface area is 116 Å². The van der Waals surface area contributed by atoms with E-state index in [2.05, 4.69) is 5.32 Å². The third-order valence-electron chi connectivity index (χ3n) is 3.31. The zero-order valence-corrected chi connectivity index (χ0v) is 11.5. The number of amides is 3. The molecular formula is C14H17N3O3. The van der Waals surface area contributed by atoms with Crippen LogP contribution in [0.2, 0.25) is 0 Å². The lowest BCUT2D eigenvalue weighted by Crippen LogP contribution is -2.37. The van der Waals surface area contributed by atoms with Gasteiger partial charge in [0.1, 0.15) is 6.54 Å². The smallest absolute Gasteiger partial charge is 0.244 e. The summed E-state index contributed by atoms with van der Waals surface area (Å²) in [6.07, 6.45) is 0.170. The van der Waals surface area contributed by atoms with Gasteiger partial charge in [-0.05, 0) is 24.6 Å². The summed E-state index contributed by atoms with van der Waals surface area (Å²) in [5.41, 5.74) is 7.64. The van der Waals surface area contributed by atoms with Gasteiger partial charge in [0.05, 0.1) is 0 Å². The number of benzene rings is 1. The largest absolute Gasteiger partial charge is 0.399 e. The van der Waals surface area contributed by atoms with Gasteiger partial charge in [-0.15, -0.1) is 0 Å². The minimum atomic E-state index is -0.408. The van der Waals surface area contributed by atoms with E-state index in [4.69, 9.17) is 5.73 Å². The standard InChI is InChI=1S/C14H17N3O3/c1-8-3-4-10(15)6-11(8)16-12(18)7-17-13(19)5-9(2)14(17)20/h3-4,6,9H,5,7,15H2,1-2H3,(H,16,18). The summed E-state index contributed by atoms with van der Waals surface area (Å²) in [5.74, 6) is -1.35. The van der Waals surface area contributed by atoms with Crippen molar-refractivity contribution in [1.29, 1.82) is 0 Å². The summed E-state index contributed by atoms with van der Waals surface area (Å²) in [4.78, 5) is 36.3. The molecule has 0 radical (unpaired) electrons. The van der Waals surface area contributed by atoms with Crippen LogP contribution in [-0.4, -0.2) is 29.2 Å². The molecule has 6 heteroatoms. The monoisotopic (exact) mass is 275 g/mol. The molecule has 106 valence electrons. The normalized spacial score (nSPS) is 18.5. The summed E-state index contributed by atoms with van der Waals surface area (Å²) in [6, 6.07) is 5.17. The van der Waals surface area contributed by atoms with Gasteiger partial charge in [0.2, 0.25) is 17.7 Å². The molecule has 1 aromatic rings. The van der Waals surface area contributed by atoms with E-state index in [1.165, 1.54) is 0 Å². The van der Waals surface area contributed by atoms with Gasteiger partial charge in [-0.1, -0.05) is 13.0 Å². The van der Waals surface area contributed by atoms with E-state index in [9.17, 15) is 14.4 Å². The first-order valence-corrected chi connectivity index (χ1v) is 6.38. The zero-order chi connectivity index (χ0) is 14.9. The number of nitrogens with two attached hydrogens (primary N) is 1. The molecule has 1 unspecified atom stereocenters. The van der Waals surface area contributed by atoms with Crippen LogP contribution in [0.3, 0.4) is 0 Å². The summed E-state index contributed by atoms with van der Waals surface area (Å²) in [7, 11) is 0. The van der Waals surface area contributed by atoms with Crippen LogP contribution >= 0.6 is 0 Å². The number of imide groups is 1. The topological polar surface area (TPSA) is 92.5 Å². The second kappa shape index (κ2) is 5.32. The molecule has 6 nitrogen and oxygen atoms in total. The van der Waals surface area contributed by atoms with Gasteiger partial charge in [-0.3, -0.25) is 19.3 Å². The summed E-state index contributed by atoms with van der Waals surface area (Å²) >= 11 is 0. The number of likely N-dealkylation sites (tertiary alicyclic amines) is 1. The minimum Gasteiger partial charge on any atom is -0.399 e. The van der Waals surface area contributed by atoms with E-state index < -0.39 is 5.91 Å². The summed E-state index contributed by atoms with van der Waals surface area (Å²) in [5, 5.41) is 2.67. The van der Waals surface area contributed by atoms with Gasteiger partial charge >= 0.3 is 0 Å². The van der Waals surface area contributed by atoms with E-state index in [1.54, 1.807) is 25.1 Å². The number of carbonyl (C=O) groups is 3. The molecule has 1 fully saturated rings. The molecule has 0 spiro atoms. The van der Waals surface area contributed by atoms with Gasteiger partial charge in [-0.25, -0.2) is 0 Å². The van der Waals surface area contributed by atoms with E-state index in [0.29, 0.717) is 11.4 Å². The molecule has 1 aliphatic heterocycles. The van der Waals surface area contributed by atoms with Crippen molar-refractivity contribution < 1.29 is 14.4 Å². The highest BCUT2D eigenvalue weighted by atomic mass is 16.2. The molecule has 1 heterocycles. The molecule has 20 heavy (non-hydrogen) atoms. The van der Waals surface area contributed by atoms with Crippen LogP contribution in [0.5, 0.6) is 0 Å². The Hall–Kier alpha value is -2.37. The Kier molecular flexibility index (Phi) is 3.74. The number of rotatable bonds is 3. The van der Waals surface area contributed by atoms with Crippen LogP contribution in [0.15, 0.2) is 18.2 Å². The Bertz CT molecular complexity index is 583. The van der Waals surface area contributed by atoms with Crippen LogP contribution in [0.4, 0.5) is 11.4 Å². The number of anilines is 2. The first kappa shape index (κ1) is 14.0. The number of hydrogen-bond acceptors (Lipinski definition) is 4. The van der Waals surface area contributed by atoms with Gasteiger partial charge in [-0.2, -0.15) is 0 Å². The summed E-state index contributed by atoms with van der Waals surface area (Å²) in [6.45, 7) is 3.26. The molecule has 1 aromatic carbocycles. The maximum Gasteiger partial charge on any atom is 0.244 e. The maximum atomic E-state index is 11.9. The molecular weight excluding hydrogens is 258 g/mol. The average Bonchev–Trinajstić information content (AvgIpc) is 2.61. The first-order valence-electron chi connectivity index (χ1n) is 6.38. The number of hydrogen-bond donors (Lipinski definition) is 2. The van der Waals surface area contributed by atoms with Crippen LogP contribution in [0, 0.1) is 12.8 Å². The number of aryl methyl sites for hydroxylation is 1. The molecule has 0 saturated carbocycles. The van der Waals surface area contributed by atoms with Crippen molar-refractivity contribution in [2.24, 2.45) is 5.92 Å². The lowest BCUT2D eigenvalue weighted by atomic mass is 10.1. The van der Waals surface area contributed by atoms with Crippen molar-refractivity contribution in [3.63, 3.8) is 0 Å². The van der Waals surface area contributed by atoms with Crippen molar-refractivity contribution in [1.82, 2.24) is 4.90 Å². The molecule has 1 saturated heterocycles. The predicted molar refractivity (Wildman–Crippen MR) is 74.7 cm³/mol. The Morgan fingerprint density at radius 1 is 1.45 bits per heavy atom. The van der Waals surface area contributed by atoms with Crippen LogP contribution in [0.1, 0.15) is 18.9 Å². The minimum absolute atomic E-state index is 0.170. The average molecular weight is 275 g/mol. The molecule has 2 rings (SSSR count). The van der Waals surface area contributed by atoms with E-state index in [-0.39, 0.29) is 30.7 Å². The second-order valence-corrected chi connectivity index (χ2v) is 5.05. The Morgan fingerprint density at radius 2 is 2.15 bits per heavy atom. The van der Waals surface area contributed by atoms with E-state index in [1.807, 2.05) is 6.92 Å². The quantitative estimate of drug-likeness (QED) is 0.633. The highest BCUT2D eigenvalue weighted by Crippen LogP contribution is 2.20. The van der Waals surface area contributed by atoms with Crippen molar-refractivity contribution in [2.45, 2.75) is 20.3 Å². The summed E-state index contributed by atoms with van der Waals surface area (Å²) < 4.78 is 0. The third-order valence-corrected chi connectivity index (χ3v) is 3.31. The van der Waals surface area contributed by atoms with Gasteiger partial charge in [0, 0.05) is 23.7 Å². The third kappa shape index (κ3) is 2.79. The SMILES string of the molecule is Cc1ccc(N)cc1NC(=O)CN1C(=O)CC(C)C1=O. The fourth-order valence-corrected chi connectivity index (χ4v) is 2.12. The van der Waals surface area contributed by atoms with Gasteiger partial charge in [0.15, 0.2) is 0 Å². The number of carbonyl (C=O) groups excluding carboxylic acids is 3. The lowest BCUT2D eigenvalue weighted by molar-refractivity contribution is -0.142. The second-order valence-electron chi connectivity index (χ2n) is 5.05. The predicted octanol–water partition coefficient (Wildman–Crippen LogP) is 0.911. The highest BCUT2D eigenvalue weighted by Gasteiger charge is 2.36. The van der Waals surface area contributed by atoms with Crippen molar-refractivity contribution >= 4 is 29.1 Å². The fraction of sp³-hybridized carbons (Fsp3) is 0.357.